The monoisotopic (exact) mass is 268 g/mol. The summed E-state index contributed by atoms with van der Waals surface area (Å²) in [6, 6.07) is 10.8. The highest BCUT2D eigenvalue weighted by atomic mass is 16.5. The predicted octanol–water partition coefficient (Wildman–Crippen LogP) is 3.21. The van der Waals surface area contributed by atoms with Crippen LogP contribution in [0.5, 0.6) is 5.75 Å². The number of carbonyl (C=O) groups excluding carboxylic acids is 1. The predicted molar refractivity (Wildman–Crippen MR) is 79.1 cm³/mol. The van der Waals surface area contributed by atoms with Crippen molar-refractivity contribution >= 4 is 11.6 Å². The van der Waals surface area contributed by atoms with E-state index in [-0.39, 0.29) is 5.78 Å². The summed E-state index contributed by atoms with van der Waals surface area (Å²) < 4.78 is 5.05. The normalized spacial score (nSPS) is 10.5. The molecule has 0 aliphatic carbocycles. The highest BCUT2D eigenvalue weighted by molar-refractivity contribution is 6.04. The lowest BCUT2D eigenvalue weighted by Gasteiger charge is -2.01. The Bertz CT molecular complexity index is 619. The van der Waals surface area contributed by atoms with Gasteiger partial charge in [-0.3, -0.25) is 4.79 Å². The largest absolute Gasteiger partial charge is 0.497 e. The maximum atomic E-state index is 11.9. The molecule has 2 rings (SSSR count). The van der Waals surface area contributed by atoms with Crippen LogP contribution in [-0.4, -0.2) is 17.9 Å². The van der Waals surface area contributed by atoms with E-state index in [0.29, 0.717) is 11.4 Å². The molecule has 1 aromatic carbocycles. The van der Waals surface area contributed by atoms with Crippen molar-refractivity contribution in [3.8, 4) is 5.75 Å². The molecule has 4 nitrogen and oxygen atoms in total. The molecule has 1 N–H and O–H groups in total. The maximum absolute atomic E-state index is 11.9. The van der Waals surface area contributed by atoms with Crippen LogP contribution >= 0.6 is 0 Å². The first-order chi connectivity index (χ1) is 9.69. The van der Waals surface area contributed by atoms with E-state index in [9.17, 15) is 4.79 Å². The minimum Gasteiger partial charge on any atom is -0.497 e. The molecule has 4 heteroatoms. The number of nitrogens with one attached hydrogen (secondary N) is 1. The number of ketones is 1. The fraction of sp³-hybridized carbons (Fsp3) is 0.125. The van der Waals surface area contributed by atoms with Gasteiger partial charge in [-0.1, -0.05) is 0 Å². The number of methoxy groups -OCH3 is 1. The molecule has 0 aliphatic rings. The van der Waals surface area contributed by atoms with Crippen LogP contribution in [-0.2, 0) is 0 Å². The number of ether oxygens (including phenoxy) is 1. The van der Waals surface area contributed by atoms with Gasteiger partial charge >= 0.3 is 0 Å². The van der Waals surface area contributed by atoms with Crippen molar-refractivity contribution in [2.24, 2.45) is 0 Å². The Hall–Kier alpha value is -2.62. The highest BCUT2D eigenvalue weighted by Crippen LogP contribution is 2.12. The molecule has 0 saturated carbocycles. The van der Waals surface area contributed by atoms with E-state index < -0.39 is 0 Å². The number of pyridine rings is 1. The number of hydrogen-bond acceptors (Lipinski definition) is 4. The van der Waals surface area contributed by atoms with Crippen LogP contribution < -0.4 is 10.1 Å². The van der Waals surface area contributed by atoms with Gasteiger partial charge in [0.15, 0.2) is 5.78 Å². The van der Waals surface area contributed by atoms with E-state index >= 15 is 0 Å². The molecular formula is C16H16N2O2. The van der Waals surface area contributed by atoms with Crippen LogP contribution in [0, 0.1) is 6.92 Å². The molecule has 0 fully saturated rings. The van der Waals surface area contributed by atoms with Gasteiger partial charge in [0.25, 0.3) is 0 Å². The van der Waals surface area contributed by atoms with Crippen LogP contribution in [0.1, 0.15) is 15.9 Å². The zero-order valence-electron chi connectivity index (χ0n) is 11.5. The molecule has 0 saturated heterocycles. The SMILES string of the molecule is COc1ccc(C(=O)/C=C/Nc2cc(C)ccn2)cc1. The van der Waals surface area contributed by atoms with Crippen LogP contribution in [0.3, 0.4) is 0 Å². The van der Waals surface area contributed by atoms with Gasteiger partial charge in [-0.15, -0.1) is 0 Å². The molecule has 0 spiro atoms. The zero-order chi connectivity index (χ0) is 14.4. The summed E-state index contributed by atoms with van der Waals surface area (Å²) in [5.74, 6) is 1.37. The summed E-state index contributed by atoms with van der Waals surface area (Å²) in [4.78, 5) is 16.1. The van der Waals surface area contributed by atoms with Crippen LogP contribution in [0.4, 0.5) is 5.82 Å². The second-order valence-electron chi connectivity index (χ2n) is 4.29. The van der Waals surface area contributed by atoms with Crippen molar-refractivity contribution in [1.82, 2.24) is 4.98 Å². The number of carbonyl (C=O) groups is 1. The van der Waals surface area contributed by atoms with Crippen LogP contribution in [0.2, 0.25) is 0 Å². The Labute approximate surface area is 118 Å². The lowest BCUT2D eigenvalue weighted by molar-refractivity contribution is 0.104. The minimum absolute atomic E-state index is 0.0761. The third-order valence-electron chi connectivity index (χ3n) is 2.76. The Morgan fingerprint density at radius 3 is 2.65 bits per heavy atom. The van der Waals surface area contributed by atoms with Crippen molar-refractivity contribution in [1.29, 1.82) is 0 Å². The number of aryl methyl sites for hydroxylation is 1. The van der Waals surface area contributed by atoms with Crippen LogP contribution in [0.15, 0.2) is 54.9 Å². The average molecular weight is 268 g/mol. The molecule has 1 aromatic heterocycles. The van der Waals surface area contributed by atoms with E-state index in [1.165, 1.54) is 6.08 Å². The fourth-order valence-corrected chi connectivity index (χ4v) is 1.67. The van der Waals surface area contributed by atoms with Crippen LogP contribution in [0.25, 0.3) is 0 Å². The first-order valence-electron chi connectivity index (χ1n) is 6.23. The molecular weight excluding hydrogens is 252 g/mol. The maximum Gasteiger partial charge on any atom is 0.187 e. The number of aromatic nitrogens is 1. The third kappa shape index (κ3) is 3.68. The molecule has 1 heterocycles. The lowest BCUT2D eigenvalue weighted by atomic mass is 10.1. The Kier molecular flexibility index (Phi) is 4.50. The number of rotatable bonds is 5. The van der Waals surface area contributed by atoms with E-state index in [2.05, 4.69) is 10.3 Å². The number of anilines is 1. The Morgan fingerprint density at radius 1 is 1.25 bits per heavy atom. The van der Waals surface area contributed by atoms with E-state index in [1.807, 2.05) is 19.1 Å². The fourth-order valence-electron chi connectivity index (χ4n) is 1.67. The standard InChI is InChI=1S/C16H16N2O2/c1-12-7-9-17-16(11-12)18-10-8-15(19)13-3-5-14(20-2)6-4-13/h3-11H,1-2H3,(H,17,18)/b10-8+. The Morgan fingerprint density at radius 2 is 2.00 bits per heavy atom. The second kappa shape index (κ2) is 6.52. The van der Waals surface area contributed by atoms with Crippen molar-refractivity contribution < 1.29 is 9.53 Å². The molecule has 0 amide bonds. The summed E-state index contributed by atoms with van der Waals surface area (Å²) in [6.45, 7) is 1.99. The van der Waals surface area contributed by atoms with Gasteiger partial charge in [-0.05, 0) is 48.9 Å². The van der Waals surface area contributed by atoms with Gasteiger partial charge in [-0.25, -0.2) is 4.98 Å². The molecule has 2 aromatic rings. The lowest BCUT2D eigenvalue weighted by Crippen LogP contribution is -1.97. The smallest absolute Gasteiger partial charge is 0.187 e. The molecule has 102 valence electrons. The molecule has 0 unspecified atom stereocenters. The molecule has 0 atom stereocenters. The summed E-state index contributed by atoms with van der Waals surface area (Å²) in [6.07, 6.45) is 4.79. The van der Waals surface area contributed by atoms with Gasteiger partial charge in [0.1, 0.15) is 11.6 Å². The van der Waals surface area contributed by atoms with Crippen molar-refractivity contribution in [2.45, 2.75) is 6.92 Å². The summed E-state index contributed by atoms with van der Waals surface area (Å²) in [5, 5.41) is 2.97. The number of benzene rings is 1. The molecule has 0 radical (unpaired) electrons. The number of allylic oxidation sites excluding steroid dienone is 1. The second-order valence-corrected chi connectivity index (χ2v) is 4.29. The topological polar surface area (TPSA) is 51.2 Å². The minimum atomic E-state index is -0.0761. The quantitative estimate of drug-likeness (QED) is 0.668. The zero-order valence-corrected chi connectivity index (χ0v) is 11.5. The third-order valence-corrected chi connectivity index (χ3v) is 2.76. The molecule has 20 heavy (non-hydrogen) atoms. The Balaban J connectivity index is 1.98. The van der Waals surface area contributed by atoms with Crippen molar-refractivity contribution in [2.75, 3.05) is 12.4 Å². The van der Waals surface area contributed by atoms with Gasteiger partial charge in [-0.2, -0.15) is 0 Å². The van der Waals surface area contributed by atoms with Crippen molar-refractivity contribution in [3.63, 3.8) is 0 Å². The molecule has 0 aliphatic heterocycles. The average Bonchev–Trinajstić information content (AvgIpc) is 2.47. The summed E-state index contributed by atoms with van der Waals surface area (Å²) >= 11 is 0. The highest BCUT2D eigenvalue weighted by Gasteiger charge is 2.01. The van der Waals surface area contributed by atoms with E-state index in [4.69, 9.17) is 4.74 Å². The summed E-state index contributed by atoms with van der Waals surface area (Å²) in [7, 11) is 1.59. The van der Waals surface area contributed by atoms with Gasteiger partial charge < -0.3 is 10.1 Å². The van der Waals surface area contributed by atoms with E-state index in [0.717, 1.165) is 11.3 Å². The van der Waals surface area contributed by atoms with E-state index in [1.54, 1.807) is 43.8 Å². The van der Waals surface area contributed by atoms with Gasteiger partial charge in [0.05, 0.1) is 7.11 Å². The number of hydrogen-bond donors (Lipinski definition) is 1. The molecule has 0 bridgehead atoms. The van der Waals surface area contributed by atoms with Gasteiger partial charge in [0, 0.05) is 24.0 Å². The van der Waals surface area contributed by atoms with Crippen molar-refractivity contribution in [3.05, 3.63) is 66.0 Å². The first-order valence-corrected chi connectivity index (χ1v) is 6.23. The number of nitrogens with zero attached hydrogens (tertiary/aromatic N) is 1. The van der Waals surface area contributed by atoms with Gasteiger partial charge in [0.2, 0.25) is 0 Å². The first kappa shape index (κ1) is 13.8. The summed E-state index contributed by atoms with van der Waals surface area (Å²) in [5.41, 5.74) is 1.72.